The Bertz CT molecular complexity index is 466. The summed E-state index contributed by atoms with van der Waals surface area (Å²) in [4.78, 5) is 26.3. The number of aryl methyl sites for hydroxylation is 2. The van der Waals surface area contributed by atoms with Gasteiger partial charge in [-0.25, -0.2) is 0 Å². The molecule has 92 valence electrons. The minimum absolute atomic E-state index is 0.0620. The molecule has 0 aliphatic carbocycles. The maximum atomic E-state index is 11.7. The Balaban J connectivity index is 2.34. The number of amides is 1. The molecule has 1 saturated heterocycles. The molecule has 6 nitrogen and oxygen atoms in total. The lowest BCUT2D eigenvalue weighted by atomic mass is 10.2. The summed E-state index contributed by atoms with van der Waals surface area (Å²) in [6.45, 7) is 3.49. The highest BCUT2D eigenvalue weighted by Gasteiger charge is 2.26. The van der Waals surface area contributed by atoms with Gasteiger partial charge in [-0.05, 0) is 6.92 Å². The summed E-state index contributed by atoms with van der Waals surface area (Å²) in [6.07, 6.45) is 0.806. The molecule has 0 atom stereocenters. The first-order chi connectivity index (χ1) is 8.04. The van der Waals surface area contributed by atoms with Crippen LogP contribution >= 0.6 is 0 Å². The van der Waals surface area contributed by atoms with Crippen molar-refractivity contribution in [3.05, 3.63) is 11.3 Å². The molecule has 2 rings (SSSR count). The van der Waals surface area contributed by atoms with Crippen molar-refractivity contribution in [3.8, 4) is 0 Å². The van der Waals surface area contributed by atoms with Gasteiger partial charge in [-0.3, -0.25) is 14.3 Å². The van der Waals surface area contributed by atoms with Crippen molar-refractivity contribution < 1.29 is 9.59 Å². The van der Waals surface area contributed by atoms with Gasteiger partial charge in [0.05, 0.1) is 17.8 Å². The third-order valence-corrected chi connectivity index (χ3v) is 3.11. The lowest BCUT2D eigenvalue weighted by Gasteiger charge is -2.33. The minimum Gasteiger partial charge on any atom is -0.345 e. The number of anilines is 1. The van der Waals surface area contributed by atoms with E-state index in [1.54, 1.807) is 30.6 Å². The third kappa shape index (κ3) is 1.90. The summed E-state index contributed by atoms with van der Waals surface area (Å²) in [5, 5.41) is 4.22. The van der Waals surface area contributed by atoms with Gasteiger partial charge in [-0.1, -0.05) is 0 Å². The predicted octanol–water partition coefficient (Wildman–Crippen LogP) is -0.181. The summed E-state index contributed by atoms with van der Waals surface area (Å²) in [6, 6.07) is 0. The van der Waals surface area contributed by atoms with Crippen LogP contribution in [0, 0.1) is 6.92 Å². The predicted molar refractivity (Wildman–Crippen MR) is 63.2 cm³/mol. The van der Waals surface area contributed by atoms with E-state index in [2.05, 4.69) is 5.10 Å². The standard InChI is InChI=1S/C11H16N4O2/c1-8-9(7-16)11(14(3)12-8)15-5-4-13(2)10(17)6-15/h7H,4-6H2,1-3H3. The molecule has 0 unspecified atom stereocenters. The summed E-state index contributed by atoms with van der Waals surface area (Å²) >= 11 is 0. The van der Waals surface area contributed by atoms with Crippen LogP contribution in [-0.2, 0) is 11.8 Å². The summed E-state index contributed by atoms with van der Waals surface area (Å²) in [7, 11) is 3.58. The molecule has 1 aliphatic rings. The average Bonchev–Trinajstić information content (AvgIpc) is 2.57. The van der Waals surface area contributed by atoms with Crippen molar-refractivity contribution >= 4 is 18.0 Å². The molecule has 0 spiro atoms. The Labute approximate surface area is 99.8 Å². The number of rotatable bonds is 2. The van der Waals surface area contributed by atoms with Crippen molar-refractivity contribution in [3.63, 3.8) is 0 Å². The Hall–Kier alpha value is -1.85. The number of hydrogen-bond donors (Lipinski definition) is 0. The normalized spacial score (nSPS) is 16.5. The summed E-state index contributed by atoms with van der Waals surface area (Å²) in [5.41, 5.74) is 1.27. The molecule has 17 heavy (non-hydrogen) atoms. The van der Waals surface area contributed by atoms with Gasteiger partial charge in [0.25, 0.3) is 0 Å². The highest BCUT2D eigenvalue weighted by atomic mass is 16.2. The van der Waals surface area contributed by atoms with Crippen LogP contribution in [0.3, 0.4) is 0 Å². The summed E-state index contributed by atoms with van der Waals surface area (Å²) in [5.74, 6) is 0.797. The second-order valence-corrected chi connectivity index (χ2v) is 4.30. The molecule has 1 aromatic rings. The molecular formula is C11H16N4O2. The van der Waals surface area contributed by atoms with Crippen molar-refractivity contribution in [2.24, 2.45) is 7.05 Å². The molecule has 1 fully saturated rings. The summed E-state index contributed by atoms with van der Waals surface area (Å²) < 4.78 is 1.66. The maximum absolute atomic E-state index is 11.7. The number of hydrogen-bond acceptors (Lipinski definition) is 4. The second kappa shape index (κ2) is 4.20. The lowest BCUT2D eigenvalue weighted by molar-refractivity contribution is -0.129. The van der Waals surface area contributed by atoms with E-state index in [9.17, 15) is 9.59 Å². The number of carbonyl (C=O) groups is 2. The average molecular weight is 236 g/mol. The monoisotopic (exact) mass is 236 g/mol. The number of carbonyl (C=O) groups excluding carboxylic acids is 2. The fraction of sp³-hybridized carbons (Fsp3) is 0.545. The van der Waals surface area contributed by atoms with Crippen LogP contribution in [0.25, 0.3) is 0 Å². The zero-order valence-corrected chi connectivity index (χ0v) is 10.3. The smallest absolute Gasteiger partial charge is 0.241 e. The van der Waals surface area contributed by atoms with Crippen LogP contribution < -0.4 is 4.90 Å². The van der Waals surface area contributed by atoms with Gasteiger partial charge in [-0.15, -0.1) is 0 Å². The Kier molecular flexibility index (Phi) is 2.87. The molecule has 1 aliphatic heterocycles. The van der Waals surface area contributed by atoms with Crippen LogP contribution in [0.1, 0.15) is 16.1 Å². The quantitative estimate of drug-likeness (QED) is 0.668. The number of aldehydes is 1. The van der Waals surface area contributed by atoms with Crippen LogP contribution in [0.15, 0.2) is 0 Å². The highest BCUT2D eigenvalue weighted by Crippen LogP contribution is 2.22. The largest absolute Gasteiger partial charge is 0.345 e. The molecule has 1 aromatic heterocycles. The Morgan fingerprint density at radius 2 is 2.00 bits per heavy atom. The molecule has 0 saturated carbocycles. The zero-order valence-electron chi connectivity index (χ0n) is 10.3. The molecule has 6 heteroatoms. The van der Waals surface area contributed by atoms with E-state index in [4.69, 9.17) is 0 Å². The van der Waals surface area contributed by atoms with E-state index in [1.807, 2.05) is 4.90 Å². The number of likely N-dealkylation sites (N-methyl/N-ethyl adjacent to an activating group) is 1. The number of aromatic nitrogens is 2. The van der Waals surface area contributed by atoms with Crippen LogP contribution in [0.4, 0.5) is 5.82 Å². The van der Waals surface area contributed by atoms with E-state index in [0.29, 0.717) is 24.3 Å². The number of piperazine rings is 1. The van der Waals surface area contributed by atoms with Gasteiger partial charge in [0.15, 0.2) is 6.29 Å². The maximum Gasteiger partial charge on any atom is 0.241 e. The molecule has 2 heterocycles. The van der Waals surface area contributed by atoms with Gasteiger partial charge in [0, 0.05) is 27.2 Å². The first-order valence-electron chi connectivity index (χ1n) is 5.52. The Morgan fingerprint density at radius 3 is 2.59 bits per heavy atom. The van der Waals surface area contributed by atoms with Crippen LogP contribution in [0.5, 0.6) is 0 Å². The van der Waals surface area contributed by atoms with Gasteiger partial charge in [0.2, 0.25) is 5.91 Å². The highest BCUT2D eigenvalue weighted by molar-refractivity contribution is 5.88. The van der Waals surface area contributed by atoms with Gasteiger partial charge >= 0.3 is 0 Å². The van der Waals surface area contributed by atoms with E-state index < -0.39 is 0 Å². The second-order valence-electron chi connectivity index (χ2n) is 4.30. The molecule has 0 bridgehead atoms. The molecular weight excluding hydrogens is 220 g/mol. The van der Waals surface area contributed by atoms with Crippen LogP contribution in [-0.4, -0.2) is 53.6 Å². The fourth-order valence-electron chi connectivity index (χ4n) is 2.11. The topological polar surface area (TPSA) is 58.4 Å². The number of nitrogens with zero attached hydrogens (tertiary/aromatic N) is 4. The van der Waals surface area contributed by atoms with Gasteiger partial charge < -0.3 is 9.80 Å². The van der Waals surface area contributed by atoms with E-state index in [0.717, 1.165) is 18.6 Å². The SMILES string of the molecule is Cc1nn(C)c(N2CCN(C)C(=O)C2)c1C=O. The molecule has 0 N–H and O–H groups in total. The van der Waals surface area contributed by atoms with Crippen molar-refractivity contribution in [1.82, 2.24) is 14.7 Å². The van der Waals surface area contributed by atoms with Crippen molar-refractivity contribution in [2.45, 2.75) is 6.92 Å². The van der Waals surface area contributed by atoms with Gasteiger partial charge in [0.1, 0.15) is 5.82 Å². The van der Waals surface area contributed by atoms with E-state index >= 15 is 0 Å². The zero-order chi connectivity index (χ0) is 12.6. The lowest BCUT2D eigenvalue weighted by Crippen LogP contribution is -2.49. The van der Waals surface area contributed by atoms with Crippen LogP contribution in [0.2, 0.25) is 0 Å². The minimum atomic E-state index is 0.0620. The first-order valence-corrected chi connectivity index (χ1v) is 5.52. The van der Waals surface area contributed by atoms with E-state index in [-0.39, 0.29) is 5.91 Å². The Morgan fingerprint density at radius 1 is 1.29 bits per heavy atom. The molecule has 1 amide bonds. The van der Waals surface area contributed by atoms with Crippen molar-refractivity contribution in [2.75, 3.05) is 31.6 Å². The van der Waals surface area contributed by atoms with Crippen molar-refractivity contribution in [1.29, 1.82) is 0 Å². The molecule has 0 aromatic carbocycles. The van der Waals surface area contributed by atoms with Gasteiger partial charge in [-0.2, -0.15) is 5.10 Å². The molecule has 0 radical (unpaired) electrons. The third-order valence-electron chi connectivity index (χ3n) is 3.11. The first kappa shape index (κ1) is 11.6. The fourth-order valence-corrected chi connectivity index (χ4v) is 2.11. The van der Waals surface area contributed by atoms with E-state index in [1.165, 1.54) is 0 Å².